The first-order valence-electron chi connectivity index (χ1n) is 6.16. The summed E-state index contributed by atoms with van der Waals surface area (Å²) in [6.45, 7) is 6.82. The van der Waals surface area contributed by atoms with Crippen molar-refractivity contribution in [1.29, 1.82) is 0 Å². The van der Waals surface area contributed by atoms with Crippen molar-refractivity contribution < 1.29 is 4.39 Å². The van der Waals surface area contributed by atoms with Gasteiger partial charge in [-0.15, -0.1) is 0 Å². The first kappa shape index (κ1) is 11.6. The third kappa shape index (κ3) is 2.62. The maximum absolute atomic E-state index is 12.9. The molecule has 1 fully saturated rings. The van der Waals surface area contributed by atoms with E-state index in [0.29, 0.717) is 12.0 Å². The van der Waals surface area contributed by atoms with Crippen molar-refractivity contribution in [3.05, 3.63) is 35.6 Å². The molecule has 1 nitrogen and oxygen atoms in total. The van der Waals surface area contributed by atoms with Gasteiger partial charge >= 0.3 is 0 Å². The Kier molecular flexibility index (Phi) is 3.59. The Hall–Kier alpha value is -0.890. The highest BCUT2D eigenvalue weighted by Gasteiger charge is 2.25. The van der Waals surface area contributed by atoms with Crippen LogP contribution in [0.15, 0.2) is 24.3 Å². The van der Waals surface area contributed by atoms with Crippen molar-refractivity contribution in [1.82, 2.24) is 4.90 Å². The van der Waals surface area contributed by atoms with Crippen LogP contribution in [-0.4, -0.2) is 18.0 Å². The monoisotopic (exact) mass is 221 g/mol. The quantitative estimate of drug-likeness (QED) is 0.753. The van der Waals surface area contributed by atoms with Crippen LogP contribution in [0.3, 0.4) is 0 Å². The molecule has 1 saturated heterocycles. The predicted molar refractivity (Wildman–Crippen MR) is 64.8 cm³/mol. The maximum Gasteiger partial charge on any atom is 0.123 e. The Morgan fingerprint density at radius 2 is 2.00 bits per heavy atom. The van der Waals surface area contributed by atoms with Crippen molar-refractivity contribution in [2.24, 2.45) is 5.92 Å². The Bertz CT molecular complexity index is 331. The summed E-state index contributed by atoms with van der Waals surface area (Å²) in [5.74, 6) is 0.554. The molecule has 0 bridgehead atoms. The first-order chi connectivity index (χ1) is 7.66. The lowest BCUT2D eigenvalue weighted by Gasteiger charge is -2.26. The van der Waals surface area contributed by atoms with E-state index in [4.69, 9.17) is 0 Å². The number of hydrogen-bond donors (Lipinski definition) is 0. The summed E-state index contributed by atoms with van der Waals surface area (Å²) < 4.78 is 12.9. The van der Waals surface area contributed by atoms with Gasteiger partial charge in [-0.05, 0) is 43.0 Å². The molecule has 0 unspecified atom stereocenters. The molecule has 2 rings (SSSR count). The zero-order chi connectivity index (χ0) is 11.5. The highest BCUT2D eigenvalue weighted by Crippen LogP contribution is 2.32. The summed E-state index contributed by atoms with van der Waals surface area (Å²) in [7, 11) is 0. The van der Waals surface area contributed by atoms with Gasteiger partial charge in [0.25, 0.3) is 0 Å². The molecule has 16 heavy (non-hydrogen) atoms. The average molecular weight is 221 g/mol. The van der Waals surface area contributed by atoms with Gasteiger partial charge in [0, 0.05) is 12.6 Å². The highest BCUT2D eigenvalue weighted by atomic mass is 19.1. The van der Waals surface area contributed by atoms with E-state index in [9.17, 15) is 4.39 Å². The fourth-order valence-corrected chi connectivity index (χ4v) is 2.58. The summed E-state index contributed by atoms with van der Waals surface area (Å²) in [4.78, 5) is 2.53. The van der Waals surface area contributed by atoms with E-state index < -0.39 is 0 Å². The standard InChI is InChI=1S/C14H20FN/c1-11(2)10-16-9-3-4-14(16)12-5-7-13(15)8-6-12/h5-8,11,14H,3-4,9-10H2,1-2H3/t14-/m1/s1. The number of benzene rings is 1. The molecule has 0 aliphatic carbocycles. The minimum absolute atomic E-state index is 0.142. The van der Waals surface area contributed by atoms with Crippen molar-refractivity contribution in [2.45, 2.75) is 32.7 Å². The Labute approximate surface area is 97.3 Å². The van der Waals surface area contributed by atoms with Gasteiger partial charge in [-0.25, -0.2) is 4.39 Å². The van der Waals surface area contributed by atoms with Crippen molar-refractivity contribution in [3.63, 3.8) is 0 Å². The largest absolute Gasteiger partial charge is 0.296 e. The topological polar surface area (TPSA) is 3.24 Å². The van der Waals surface area contributed by atoms with Crippen LogP contribution in [-0.2, 0) is 0 Å². The van der Waals surface area contributed by atoms with Crippen LogP contribution >= 0.6 is 0 Å². The number of likely N-dealkylation sites (tertiary alicyclic amines) is 1. The molecule has 1 atom stereocenters. The molecule has 1 heterocycles. The summed E-state index contributed by atoms with van der Waals surface area (Å²) in [6, 6.07) is 7.50. The lowest BCUT2D eigenvalue weighted by atomic mass is 10.0. The van der Waals surface area contributed by atoms with Gasteiger partial charge < -0.3 is 0 Å². The summed E-state index contributed by atoms with van der Waals surface area (Å²) in [6.07, 6.45) is 2.47. The summed E-state index contributed by atoms with van der Waals surface area (Å²) >= 11 is 0. The van der Waals surface area contributed by atoms with Crippen molar-refractivity contribution >= 4 is 0 Å². The van der Waals surface area contributed by atoms with Gasteiger partial charge in [0.05, 0.1) is 0 Å². The molecule has 1 aliphatic rings. The van der Waals surface area contributed by atoms with E-state index >= 15 is 0 Å². The van der Waals surface area contributed by atoms with E-state index in [0.717, 1.165) is 6.54 Å². The second-order valence-corrected chi connectivity index (χ2v) is 5.10. The second kappa shape index (κ2) is 4.96. The Morgan fingerprint density at radius 3 is 2.62 bits per heavy atom. The fourth-order valence-electron chi connectivity index (χ4n) is 2.58. The Balaban J connectivity index is 2.10. The molecule has 0 spiro atoms. The van der Waals surface area contributed by atoms with Crippen LogP contribution in [0.5, 0.6) is 0 Å². The number of hydrogen-bond acceptors (Lipinski definition) is 1. The highest BCUT2D eigenvalue weighted by molar-refractivity contribution is 5.20. The van der Waals surface area contributed by atoms with Gasteiger partial charge in [-0.1, -0.05) is 26.0 Å². The SMILES string of the molecule is CC(C)CN1CCC[C@@H]1c1ccc(F)cc1. The summed E-state index contributed by atoms with van der Waals surface area (Å²) in [5.41, 5.74) is 1.26. The lowest BCUT2D eigenvalue weighted by molar-refractivity contribution is 0.229. The van der Waals surface area contributed by atoms with E-state index in [2.05, 4.69) is 18.7 Å². The molecule has 0 radical (unpaired) electrons. The van der Waals surface area contributed by atoms with Crippen molar-refractivity contribution in [3.8, 4) is 0 Å². The molecule has 0 aromatic heterocycles. The van der Waals surface area contributed by atoms with E-state index in [1.807, 2.05) is 12.1 Å². The maximum atomic E-state index is 12.9. The first-order valence-corrected chi connectivity index (χ1v) is 6.16. The number of rotatable bonds is 3. The van der Waals surface area contributed by atoms with Crippen LogP contribution < -0.4 is 0 Å². The van der Waals surface area contributed by atoms with Crippen LogP contribution in [0.2, 0.25) is 0 Å². The fraction of sp³-hybridized carbons (Fsp3) is 0.571. The lowest BCUT2D eigenvalue weighted by Crippen LogP contribution is -2.27. The van der Waals surface area contributed by atoms with Crippen LogP contribution in [0.4, 0.5) is 4.39 Å². The van der Waals surface area contributed by atoms with Crippen LogP contribution in [0.25, 0.3) is 0 Å². The minimum Gasteiger partial charge on any atom is -0.296 e. The van der Waals surface area contributed by atoms with Crippen LogP contribution in [0, 0.1) is 11.7 Å². The molecule has 88 valence electrons. The average Bonchev–Trinajstić information content (AvgIpc) is 2.66. The van der Waals surface area contributed by atoms with Gasteiger partial charge in [0.1, 0.15) is 5.82 Å². The molecular formula is C14H20FN. The zero-order valence-electron chi connectivity index (χ0n) is 10.1. The van der Waals surface area contributed by atoms with Crippen LogP contribution in [0.1, 0.15) is 38.3 Å². The zero-order valence-corrected chi connectivity index (χ0v) is 10.1. The van der Waals surface area contributed by atoms with E-state index in [-0.39, 0.29) is 5.82 Å². The normalized spacial score (nSPS) is 21.9. The second-order valence-electron chi connectivity index (χ2n) is 5.10. The molecule has 0 saturated carbocycles. The third-order valence-electron chi connectivity index (χ3n) is 3.22. The summed E-state index contributed by atoms with van der Waals surface area (Å²) in [5, 5.41) is 0. The molecule has 0 amide bonds. The van der Waals surface area contributed by atoms with Gasteiger partial charge in [-0.2, -0.15) is 0 Å². The number of nitrogens with zero attached hydrogens (tertiary/aromatic N) is 1. The van der Waals surface area contributed by atoms with Gasteiger partial charge in [0.2, 0.25) is 0 Å². The molecule has 1 aromatic rings. The minimum atomic E-state index is -0.142. The van der Waals surface area contributed by atoms with Gasteiger partial charge in [0.15, 0.2) is 0 Å². The Morgan fingerprint density at radius 1 is 1.31 bits per heavy atom. The molecule has 2 heteroatoms. The molecular weight excluding hydrogens is 201 g/mol. The van der Waals surface area contributed by atoms with E-state index in [1.54, 1.807) is 12.1 Å². The molecule has 0 N–H and O–H groups in total. The molecule has 1 aliphatic heterocycles. The third-order valence-corrected chi connectivity index (χ3v) is 3.22. The predicted octanol–water partition coefficient (Wildman–Crippen LogP) is 3.62. The van der Waals surface area contributed by atoms with E-state index in [1.165, 1.54) is 24.9 Å². The molecule has 1 aromatic carbocycles. The van der Waals surface area contributed by atoms with Gasteiger partial charge in [-0.3, -0.25) is 4.90 Å². The smallest absolute Gasteiger partial charge is 0.123 e. The van der Waals surface area contributed by atoms with Crippen molar-refractivity contribution in [2.75, 3.05) is 13.1 Å². The number of halogens is 1.